The average Bonchev–Trinajstić information content (AvgIpc) is 2.35. The number of nitrogens with two attached hydrogens (primary N) is 2. The minimum atomic E-state index is -3.79. The number of carbonyl (C=O) groups excluding carboxylic acids is 1. The Bertz CT molecular complexity index is 540. The van der Waals surface area contributed by atoms with Crippen LogP contribution >= 0.6 is 0 Å². The molecule has 0 spiro atoms. The zero-order valence-corrected chi connectivity index (χ0v) is 11.7. The van der Waals surface area contributed by atoms with E-state index in [4.69, 9.17) is 11.5 Å². The highest BCUT2D eigenvalue weighted by Crippen LogP contribution is 2.17. The maximum absolute atomic E-state index is 12.4. The Kier molecular flexibility index (Phi) is 4.98. The quantitative estimate of drug-likeness (QED) is 0.725. The van der Waals surface area contributed by atoms with Gasteiger partial charge in [0.2, 0.25) is 15.9 Å². The van der Waals surface area contributed by atoms with Crippen molar-refractivity contribution in [2.45, 2.75) is 31.3 Å². The largest absolute Gasteiger partial charge is 0.369 e. The van der Waals surface area contributed by atoms with E-state index in [1.54, 1.807) is 13.8 Å². The molecule has 0 radical (unpaired) electrons. The smallest absolute Gasteiger partial charge is 0.245 e. The van der Waals surface area contributed by atoms with E-state index in [0.717, 1.165) is 4.31 Å². The zero-order chi connectivity index (χ0) is 14.6. The van der Waals surface area contributed by atoms with E-state index >= 15 is 0 Å². The first-order valence-electron chi connectivity index (χ1n) is 5.74. The standard InChI is InChI=1S/C11H18N4O3S/c1-8(2)15(7-11(13)16)19(17,18)10-4-3-9(5-12)14-6-10/h3-4,6,8H,5,7,12H2,1-2H3,(H2,13,16). The molecule has 1 aromatic rings. The van der Waals surface area contributed by atoms with Crippen LogP contribution in [0.15, 0.2) is 23.2 Å². The fourth-order valence-corrected chi connectivity index (χ4v) is 3.07. The highest BCUT2D eigenvalue weighted by atomic mass is 32.2. The number of aromatic nitrogens is 1. The summed E-state index contributed by atoms with van der Waals surface area (Å²) in [5, 5.41) is 0. The summed E-state index contributed by atoms with van der Waals surface area (Å²) in [7, 11) is -3.79. The van der Waals surface area contributed by atoms with Gasteiger partial charge in [-0.05, 0) is 26.0 Å². The molecule has 0 aromatic carbocycles. The molecule has 0 saturated heterocycles. The highest BCUT2D eigenvalue weighted by Gasteiger charge is 2.28. The number of amides is 1. The molecule has 0 aliphatic heterocycles. The number of primary amides is 1. The van der Waals surface area contributed by atoms with Crippen LogP contribution in [0.4, 0.5) is 0 Å². The van der Waals surface area contributed by atoms with Gasteiger partial charge >= 0.3 is 0 Å². The van der Waals surface area contributed by atoms with E-state index in [1.807, 2.05) is 0 Å². The van der Waals surface area contributed by atoms with Gasteiger partial charge in [0.05, 0.1) is 12.2 Å². The van der Waals surface area contributed by atoms with Crippen molar-refractivity contribution in [2.75, 3.05) is 6.54 Å². The summed E-state index contributed by atoms with van der Waals surface area (Å²) in [6.07, 6.45) is 1.23. The van der Waals surface area contributed by atoms with Gasteiger partial charge in [-0.3, -0.25) is 9.78 Å². The van der Waals surface area contributed by atoms with Crippen LogP contribution in [-0.2, 0) is 21.4 Å². The first kappa shape index (κ1) is 15.5. The molecule has 0 aliphatic rings. The van der Waals surface area contributed by atoms with Crippen molar-refractivity contribution >= 4 is 15.9 Å². The first-order valence-corrected chi connectivity index (χ1v) is 7.18. The third-order valence-electron chi connectivity index (χ3n) is 2.50. The SMILES string of the molecule is CC(C)N(CC(N)=O)S(=O)(=O)c1ccc(CN)nc1. The molecule has 1 rings (SSSR count). The fourth-order valence-electron chi connectivity index (χ4n) is 1.52. The lowest BCUT2D eigenvalue weighted by Gasteiger charge is -2.24. The Morgan fingerprint density at radius 3 is 2.42 bits per heavy atom. The number of hydrogen-bond acceptors (Lipinski definition) is 5. The summed E-state index contributed by atoms with van der Waals surface area (Å²) in [6.45, 7) is 3.21. The van der Waals surface area contributed by atoms with E-state index < -0.39 is 15.9 Å². The van der Waals surface area contributed by atoms with Gasteiger partial charge in [-0.25, -0.2) is 8.42 Å². The molecular formula is C11H18N4O3S. The van der Waals surface area contributed by atoms with Crippen molar-refractivity contribution in [3.63, 3.8) is 0 Å². The van der Waals surface area contributed by atoms with Gasteiger partial charge in [0, 0.05) is 18.8 Å². The molecule has 8 heteroatoms. The normalized spacial score (nSPS) is 12.1. The molecule has 0 aliphatic carbocycles. The predicted molar refractivity (Wildman–Crippen MR) is 70.4 cm³/mol. The maximum atomic E-state index is 12.4. The first-order chi connectivity index (χ1) is 8.78. The summed E-state index contributed by atoms with van der Waals surface area (Å²) in [5.41, 5.74) is 11.1. The van der Waals surface area contributed by atoms with Crippen molar-refractivity contribution in [3.05, 3.63) is 24.0 Å². The molecule has 0 unspecified atom stereocenters. The molecule has 0 fully saturated rings. The number of sulfonamides is 1. The second-order valence-corrected chi connectivity index (χ2v) is 6.19. The molecule has 7 nitrogen and oxygen atoms in total. The van der Waals surface area contributed by atoms with E-state index in [2.05, 4.69) is 4.98 Å². The van der Waals surface area contributed by atoms with E-state index in [-0.39, 0.29) is 24.0 Å². The second kappa shape index (κ2) is 6.09. The Balaban J connectivity index is 3.14. The molecule has 1 heterocycles. The predicted octanol–water partition coefficient (Wildman–Crippen LogP) is -0.575. The van der Waals surface area contributed by atoms with Crippen molar-refractivity contribution in [2.24, 2.45) is 11.5 Å². The van der Waals surface area contributed by atoms with Gasteiger partial charge < -0.3 is 11.5 Å². The molecule has 1 amide bonds. The van der Waals surface area contributed by atoms with Crippen molar-refractivity contribution in [3.8, 4) is 0 Å². The summed E-state index contributed by atoms with van der Waals surface area (Å²) >= 11 is 0. The number of nitrogens with zero attached hydrogens (tertiary/aromatic N) is 2. The molecule has 0 atom stereocenters. The minimum absolute atomic E-state index is 0.0136. The van der Waals surface area contributed by atoms with Crippen LogP contribution in [0.3, 0.4) is 0 Å². The van der Waals surface area contributed by atoms with Crippen LogP contribution in [0, 0.1) is 0 Å². The van der Waals surface area contributed by atoms with Crippen LogP contribution in [0.2, 0.25) is 0 Å². The van der Waals surface area contributed by atoms with Gasteiger partial charge in [-0.1, -0.05) is 0 Å². The lowest BCUT2D eigenvalue weighted by Crippen LogP contribution is -2.42. The topological polar surface area (TPSA) is 119 Å². The monoisotopic (exact) mass is 286 g/mol. The molecule has 19 heavy (non-hydrogen) atoms. The minimum Gasteiger partial charge on any atom is -0.369 e. The highest BCUT2D eigenvalue weighted by molar-refractivity contribution is 7.89. The summed E-state index contributed by atoms with van der Waals surface area (Å²) in [4.78, 5) is 14.9. The molecule has 106 valence electrons. The second-order valence-electron chi connectivity index (χ2n) is 4.30. The Labute approximate surface area is 112 Å². The van der Waals surface area contributed by atoms with Gasteiger partial charge in [-0.2, -0.15) is 4.31 Å². The Hall–Kier alpha value is -1.51. The third-order valence-corrected chi connectivity index (χ3v) is 4.51. The van der Waals surface area contributed by atoms with Gasteiger partial charge in [0.25, 0.3) is 0 Å². The van der Waals surface area contributed by atoms with Crippen molar-refractivity contribution < 1.29 is 13.2 Å². The summed E-state index contributed by atoms with van der Waals surface area (Å²) < 4.78 is 25.7. The molecular weight excluding hydrogens is 268 g/mol. The van der Waals surface area contributed by atoms with E-state index in [9.17, 15) is 13.2 Å². The number of pyridine rings is 1. The lowest BCUT2D eigenvalue weighted by molar-refractivity contribution is -0.118. The van der Waals surface area contributed by atoms with Crippen molar-refractivity contribution in [1.82, 2.24) is 9.29 Å². The van der Waals surface area contributed by atoms with Crippen LogP contribution < -0.4 is 11.5 Å². The lowest BCUT2D eigenvalue weighted by atomic mass is 10.4. The van der Waals surface area contributed by atoms with Crippen LogP contribution in [0.5, 0.6) is 0 Å². The van der Waals surface area contributed by atoms with E-state index in [0.29, 0.717) is 5.69 Å². The maximum Gasteiger partial charge on any atom is 0.245 e. The summed E-state index contributed by atoms with van der Waals surface area (Å²) in [5.74, 6) is -0.705. The number of rotatable bonds is 6. The zero-order valence-electron chi connectivity index (χ0n) is 10.9. The Morgan fingerprint density at radius 2 is 2.05 bits per heavy atom. The third kappa shape index (κ3) is 3.72. The molecule has 4 N–H and O–H groups in total. The number of carbonyl (C=O) groups is 1. The van der Waals surface area contributed by atoms with Crippen LogP contribution in [0.25, 0.3) is 0 Å². The molecule has 0 saturated carbocycles. The van der Waals surface area contributed by atoms with Gasteiger partial charge in [0.15, 0.2) is 0 Å². The van der Waals surface area contributed by atoms with Crippen LogP contribution in [0.1, 0.15) is 19.5 Å². The van der Waals surface area contributed by atoms with Gasteiger partial charge in [-0.15, -0.1) is 0 Å². The molecule has 0 bridgehead atoms. The number of hydrogen-bond donors (Lipinski definition) is 2. The van der Waals surface area contributed by atoms with Crippen LogP contribution in [-0.4, -0.2) is 36.2 Å². The van der Waals surface area contributed by atoms with Gasteiger partial charge in [0.1, 0.15) is 4.90 Å². The van der Waals surface area contributed by atoms with E-state index in [1.165, 1.54) is 18.3 Å². The summed E-state index contributed by atoms with van der Waals surface area (Å²) in [6, 6.07) is 2.57. The van der Waals surface area contributed by atoms with Crippen molar-refractivity contribution in [1.29, 1.82) is 0 Å². The fraction of sp³-hybridized carbons (Fsp3) is 0.455. The Morgan fingerprint density at radius 1 is 1.42 bits per heavy atom. The molecule has 1 aromatic heterocycles. The average molecular weight is 286 g/mol.